The van der Waals surface area contributed by atoms with Gasteiger partial charge in [0, 0.05) is 11.0 Å². The molecule has 0 atom stereocenters. The lowest BCUT2D eigenvalue weighted by molar-refractivity contribution is 0.0950. The molecular weight excluding hydrogens is 256 g/mol. The van der Waals surface area contributed by atoms with Gasteiger partial charge in [-0.25, -0.2) is 0 Å². The average Bonchev–Trinajstić information content (AvgIpc) is 2.18. The summed E-state index contributed by atoms with van der Waals surface area (Å²) in [6, 6.07) is 5.33. The van der Waals surface area contributed by atoms with E-state index in [0.29, 0.717) is 23.7 Å². The first-order valence-electron chi connectivity index (χ1n) is 4.84. The van der Waals surface area contributed by atoms with Crippen LogP contribution in [0, 0.1) is 5.92 Å². The Balaban J connectivity index is 2.78. The number of rotatable bonds is 3. The van der Waals surface area contributed by atoms with Crippen molar-refractivity contribution in [1.29, 1.82) is 0 Å². The number of nitrogen functional groups attached to an aromatic ring is 1. The molecule has 0 aliphatic carbocycles. The minimum atomic E-state index is -0.123. The van der Waals surface area contributed by atoms with Gasteiger partial charge < -0.3 is 11.1 Å². The molecule has 3 N–H and O–H groups in total. The molecule has 4 heteroatoms. The van der Waals surface area contributed by atoms with E-state index in [1.807, 2.05) is 19.9 Å². The molecule has 1 aromatic carbocycles. The first-order chi connectivity index (χ1) is 7.02. The third kappa shape index (κ3) is 3.23. The lowest BCUT2D eigenvalue weighted by Crippen LogP contribution is -2.28. The minimum Gasteiger partial charge on any atom is -0.397 e. The highest BCUT2D eigenvalue weighted by Crippen LogP contribution is 2.22. The van der Waals surface area contributed by atoms with Crippen molar-refractivity contribution in [2.24, 2.45) is 5.92 Å². The van der Waals surface area contributed by atoms with Crippen LogP contribution < -0.4 is 11.1 Å². The van der Waals surface area contributed by atoms with E-state index in [1.54, 1.807) is 12.1 Å². The van der Waals surface area contributed by atoms with Crippen LogP contribution in [0.5, 0.6) is 0 Å². The molecule has 0 spiro atoms. The van der Waals surface area contributed by atoms with Gasteiger partial charge in [0.1, 0.15) is 0 Å². The predicted molar refractivity (Wildman–Crippen MR) is 65.7 cm³/mol. The Morgan fingerprint density at radius 3 is 2.80 bits per heavy atom. The average molecular weight is 271 g/mol. The van der Waals surface area contributed by atoms with Gasteiger partial charge in [0.2, 0.25) is 0 Å². The number of halogens is 1. The third-order valence-corrected chi connectivity index (χ3v) is 2.66. The molecule has 0 aliphatic heterocycles. The molecular formula is C11H15BrN2O. The third-order valence-electron chi connectivity index (χ3n) is 1.97. The van der Waals surface area contributed by atoms with Gasteiger partial charge in [-0.1, -0.05) is 19.9 Å². The molecule has 0 heterocycles. The van der Waals surface area contributed by atoms with Gasteiger partial charge in [-0.2, -0.15) is 0 Å². The van der Waals surface area contributed by atoms with Crippen molar-refractivity contribution in [3.8, 4) is 0 Å². The highest BCUT2D eigenvalue weighted by Gasteiger charge is 2.10. The second kappa shape index (κ2) is 5.16. The first-order valence-corrected chi connectivity index (χ1v) is 5.64. The molecule has 0 fully saturated rings. The first kappa shape index (κ1) is 12.0. The van der Waals surface area contributed by atoms with Crippen LogP contribution in [0.2, 0.25) is 0 Å². The molecule has 0 unspecified atom stereocenters. The maximum absolute atomic E-state index is 11.7. The summed E-state index contributed by atoms with van der Waals surface area (Å²) in [5.74, 6) is 0.310. The van der Waals surface area contributed by atoms with Gasteiger partial charge in [-0.05, 0) is 34.0 Å². The summed E-state index contributed by atoms with van der Waals surface area (Å²) in [5.41, 5.74) is 6.79. The molecule has 0 aliphatic rings. The summed E-state index contributed by atoms with van der Waals surface area (Å²) in [7, 11) is 0. The lowest BCUT2D eigenvalue weighted by atomic mass is 10.1. The summed E-state index contributed by atoms with van der Waals surface area (Å²) < 4.78 is 0.750. The van der Waals surface area contributed by atoms with Crippen LogP contribution in [0.4, 0.5) is 5.69 Å². The van der Waals surface area contributed by atoms with Crippen molar-refractivity contribution in [1.82, 2.24) is 5.32 Å². The largest absolute Gasteiger partial charge is 0.397 e. The molecule has 1 amide bonds. The number of amides is 1. The van der Waals surface area contributed by atoms with Crippen LogP contribution in [0.15, 0.2) is 22.7 Å². The molecule has 0 saturated carbocycles. The maximum Gasteiger partial charge on any atom is 0.253 e. The van der Waals surface area contributed by atoms with Gasteiger partial charge in [-0.15, -0.1) is 0 Å². The Morgan fingerprint density at radius 1 is 1.53 bits per heavy atom. The fourth-order valence-electron chi connectivity index (χ4n) is 1.13. The molecule has 0 bridgehead atoms. The van der Waals surface area contributed by atoms with Crippen molar-refractivity contribution in [3.63, 3.8) is 0 Å². The van der Waals surface area contributed by atoms with Gasteiger partial charge in [0.05, 0.1) is 11.3 Å². The Labute approximate surface area is 98.2 Å². The molecule has 1 aromatic rings. The number of hydrogen-bond donors (Lipinski definition) is 2. The van der Waals surface area contributed by atoms with Crippen LogP contribution in [0.1, 0.15) is 24.2 Å². The van der Waals surface area contributed by atoms with Crippen molar-refractivity contribution >= 4 is 27.5 Å². The van der Waals surface area contributed by atoms with E-state index in [2.05, 4.69) is 21.2 Å². The predicted octanol–water partition coefficient (Wildman–Crippen LogP) is 2.42. The molecule has 3 nitrogen and oxygen atoms in total. The van der Waals surface area contributed by atoms with Gasteiger partial charge in [0.25, 0.3) is 5.91 Å². The number of nitrogens with two attached hydrogens (primary N) is 1. The number of carbonyl (C=O) groups excluding carboxylic acids is 1. The summed E-state index contributed by atoms with van der Waals surface area (Å²) in [4.78, 5) is 11.7. The fourth-order valence-corrected chi connectivity index (χ4v) is 1.49. The van der Waals surface area contributed by atoms with Gasteiger partial charge in [-0.3, -0.25) is 4.79 Å². The summed E-state index contributed by atoms with van der Waals surface area (Å²) >= 11 is 3.29. The van der Waals surface area contributed by atoms with E-state index >= 15 is 0 Å². The minimum absolute atomic E-state index is 0.123. The van der Waals surface area contributed by atoms with Crippen molar-refractivity contribution in [2.75, 3.05) is 12.3 Å². The number of anilines is 1. The van der Waals surface area contributed by atoms with E-state index in [9.17, 15) is 4.79 Å². The van der Waals surface area contributed by atoms with E-state index in [1.165, 1.54) is 0 Å². The van der Waals surface area contributed by atoms with Crippen molar-refractivity contribution in [3.05, 3.63) is 28.2 Å². The molecule has 0 radical (unpaired) electrons. The van der Waals surface area contributed by atoms with Gasteiger partial charge >= 0.3 is 0 Å². The molecule has 82 valence electrons. The van der Waals surface area contributed by atoms with Crippen LogP contribution in [0.25, 0.3) is 0 Å². The van der Waals surface area contributed by atoms with Gasteiger partial charge in [0.15, 0.2) is 0 Å². The zero-order chi connectivity index (χ0) is 11.4. The van der Waals surface area contributed by atoms with Crippen LogP contribution in [-0.2, 0) is 0 Å². The SMILES string of the molecule is CC(C)CNC(=O)c1cccc(Br)c1N. The standard InChI is InChI=1S/C11H15BrN2O/c1-7(2)6-14-11(15)8-4-3-5-9(12)10(8)13/h3-5,7H,6,13H2,1-2H3,(H,14,15). The van der Waals surface area contributed by atoms with E-state index in [4.69, 9.17) is 5.73 Å². The second-order valence-electron chi connectivity index (χ2n) is 3.80. The number of benzene rings is 1. The Hall–Kier alpha value is -1.03. The van der Waals surface area contributed by atoms with Crippen molar-refractivity contribution in [2.45, 2.75) is 13.8 Å². The van der Waals surface area contributed by atoms with E-state index in [-0.39, 0.29) is 5.91 Å². The number of para-hydroxylation sites is 1. The maximum atomic E-state index is 11.7. The summed E-state index contributed by atoms with van der Waals surface area (Å²) in [6.07, 6.45) is 0. The van der Waals surface area contributed by atoms with Crippen LogP contribution >= 0.6 is 15.9 Å². The number of hydrogen-bond acceptors (Lipinski definition) is 2. The quantitative estimate of drug-likeness (QED) is 0.829. The number of nitrogens with one attached hydrogen (secondary N) is 1. The van der Waals surface area contributed by atoms with Crippen LogP contribution in [-0.4, -0.2) is 12.5 Å². The zero-order valence-electron chi connectivity index (χ0n) is 8.88. The molecule has 0 aromatic heterocycles. The number of carbonyl (C=O) groups is 1. The summed E-state index contributed by atoms with van der Waals surface area (Å²) in [6.45, 7) is 4.75. The fraction of sp³-hybridized carbons (Fsp3) is 0.364. The highest BCUT2D eigenvalue weighted by molar-refractivity contribution is 9.10. The Bertz CT molecular complexity index is 364. The molecule has 15 heavy (non-hydrogen) atoms. The van der Waals surface area contributed by atoms with Crippen LogP contribution in [0.3, 0.4) is 0 Å². The summed E-state index contributed by atoms with van der Waals surface area (Å²) in [5, 5.41) is 2.83. The second-order valence-corrected chi connectivity index (χ2v) is 4.66. The van der Waals surface area contributed by atoms with Crippen molar-refractivity contribution < 1.29 is 4.79 Å². The highest BCUT2D eigenvalue weighted by atomic mass is 79.9. The monoisotopic (exact) mass is 270 g/mol. The Morgan fingerprint density at radius 2 is 2.20 bits per heavy atom. The molecule has 1 rings (SSSR count). The van der Waals surface area contributed by atoms with E-state index in [0.717, 1.165) is 4.47 Å². The lowest BCUT2D eigenvalue weighted by Gasteiger charge is -2.10. The van der Waals surface area contributed by atoms with E-state index < -0.39 is 0 Å². The normalized spacial score (nSPS) is 10.4. The topological polar surface area (TPSA) is 55.1 Å². The Kier molecular flexibility index (Phi) is 4.15. The zero-order valence-corrected chi connectivity index (χ0v) is 10.5. The smallest absolute Gasteiger partial charge is 0.253 e. The molecule has 0 saturated heterocycles.